The van der Waals surface area contributed by atoms with Gasteiger partial charge in [-0.2, -0.15) is 0 Å². The van der Waals surface area contributed by atoms with E-state index in [9.17, 15) is 9.59 Å². The number of benzene rings is 1. The maximum absolute atomic E-state index is 12.2. The van der Waals surface area contributed by atoms with Gasteiger partial charge in [-0.25, -0.2) is 9.78 Å². The van der Waals surface area contributed by atoms with Gasteiger partial charge < -0.3 is 9.47 Å². The molecule has 0 spiro atoms. The molecule has 2 aromatic heterocycles. The molecule has 0 aliphatic carbocycles. The Bertz CT molecular complexity index is 1050. The highest BCUT2D eigenvalue weighted by Gasteiger charge is 2.11. The van der Waals surface area contributed by atoms with Crippen molar-refractivity contribution in [3.63, 3.8) is 0 Å². The van der Waals surface area contributed by atoms with Crippen LogP contribution in [-0.2, 0) is 16.1 Å². The summed E-state index contributed by atoms with van der Waals surface area (Å²) in [7, 11) is 0. The van der Waals surface area contributed by atoms with E-state index in [1.54, 1.807) is 18.2 Å². The third-order valence-corrected chi connectivity index (χ3v) is 4.29. The Balaban J connectivity index is 1.65. The standard InChI is InChI=1S/C20H19ClN2O4/c1-12-7-15(21)8-13(2)20(12)27-11-19(25)26-10-16-9-18(24)23-14(3)5-4-6-17(23)22-16/h4-9H,10-11H2,1-3H3. The van der Waals surface area contributed by atoms with E-state index in [1.165, 1.54) is 10.5 Å². The Morgan fingerprint density at radius 2 is 1.85 bits per heavy atom. The molecule has 140 valence electrons. The van der Waals surface area contributed by atoms with E-state index in [-0.39, 0.29) is 18.8 Å². The number of nitrogens with zero attached hydrogens (tertiary/aromatic N) is 2. The largest absolute Gasteiger partial charge is 0.481 e. The Hall–Kier alpha value is -2.86. The molecule has 0 atom stereocenters. The van der Waals surface area contributed by atoms with Crippen LogP contribution in [0.15, 0.2) is 41.2 Å². The fraction of sp³-hybridized carbons (Fsp3) is 0.250. The number of pyridine rings is 1. The molecule has 0 aliphatic heterocycles. The van der Waals surface area contributed by atoms with Gasteiger partial charge >= 0.3 is 5.97 Å². The van der Waals surface area contributed by atoms with Crippen molar-refractivity contribution in [1.82, 2.24) is 9.38 Å². The predicted molar refractivity (Wildman–Crippen MR) is 102 cm³/mol. The number of hydrogen-bond acceptors (Lipinski definition) is 5. The summed E-state index contributed by atoms with van der Waals surface area (Å²) in [6.45, 7) is 5.20. The number of hydrogen-bond donors (Lipinski definition) is 0. The van der Waals surface area contributed by atoms with Gasteiger partial charge in [0.25, 0.3) is 5.56 Å². The molecule has 0 fully saturated rings. The normalized spacial score (nSPS) is 10.8. The predicted octanol–water partition coefficient (Wildman–Crippen LogP) is 3.40. The van der Waals surface area contributed by atoms with Crippen LogP contribution in [0.5, 0.6) is 5.75 Å². The number of fused-ring (bicyclic) bond motifs is 1. The Morgan fingerprint density at radius 1 is 1.15 bits per heavy atom. The molecule has 0 radical (unpaired) electrons. The van der Waals surface area contributed by atoms with Crippen LogP contribution in [0.3, 0.4) is 0 Å². The summed E-state index contributed by atoms with van der Waals surface area (Å²) in [6, 6.07) is 10.3. The second kappa shape index (κ2) is 7.80. The minimum Gasteiger partial charge on any atom is -0.481 e. The summed E-state index contributed by atoms with van der Waals surface area (Å²) in [6.07, 6.45) is 0. The molecule has 0 amide bonds. The highest BCUT2D eigenvalue weighted by molar-refractivity contribution is 6.30. The van der Waals surface area contributed by atoms with Gasteiger partial charge in [-0.05, 0) is 56.2 Å². The van der Waals surface area contributed by atoms with Crippen LogP contribution in [0.1, 0.15) is 22.5 Å². The lowest BCUT2D eigenvalue weighted by Crippen LogP contribution is -2.20. The molecule has 0 bridgehead atoms. The fourth-order valence-electron chi connectivity index (χ4n) is 2.89. The topological polar surface area (TPSA) is 69.9 Å². The first-order valence-electron chi connectivity index (χ1n) is 8.38. The van der Waals surface area contributed by atoms with Crippen LogP contribution in [0.4, 0.5) is 0 Å². The number of carbonyl (C=O) groups excluding carboxylic acids is 1. The van der Waals surface area contributed by atoms with E-state index in [0.29, 0.717) is 22.1 Å². The highest BCUT2D eigenvalue weighted by atomic mass is 35.5. The lowest BCUT2D eigenvalue weighted by molar-refractivity contribution is -0.147. The van der Waals surface area contributed by atoms with Crippen molar-refractivity contribution < 1.29 is 14.3 Å². The molecule has 27 heavy (non-hydrogen) atoms. The summed E-state index contributed by atoms with van der Waals surface area (Å²) < 4.78 is 12.3. The van der Waals surface area contributed by atoms with Crippen molar-refractivity contribution in [2.45, 2.75) is 27.4 Å². The molecule has 0 saturated heterocycles. The van der Waals surface area contributed by atoms with Gasteiger partial charge in [0, 0.05) is 16.8 Å². The molecule has 0 unspecified atom stereocenters. The van der Waals surface area contributed by atoms with Crippen molar-refractivity contribution in [2.24, 2.45) is 0 Å². The molecule has 0 aliphatic rings. The third kappa shape index (κ3) is 4.28. The smallest absolute Gasteiger partial charge is 0.344 e. The van der Waals surface area contributed by atoms with Gasteiger partial charge in [0.15, 0.2) is 6.61 Å². The summed E-state index contributed by atoms with van der Waals surface area (Å²) >= 11 is 5.99. The number of esters is 1. The van der Waals surface area contributed by atoms with Gasteiger partial charge in [-0.15, -0.1) is 0 Å². The lowest BCUT2D eigenvalue weighted by Gasteiger charge is -2.12. The molecule has 6 nitrogen and oxygen atoms in total. The van der Waals surface area contributed by atoms with Crippen molar-refractivity contribution in [2.75, 3.05) is 6.61 Å². The maximum atomic E-state index is 12.2. The van der Waals surface area contributed by atoms with E-state index in [4.69, 9.17) is 21.1 Å². The molecular weight excluding hydrogens is 368 g/mol. The van der Waals surface area contributed by atoms with Crippen LogP contribution >= 0.6 is 11.6 Å². The SMILES string of the molecule is Cc1cc(Cl)cc(C)c1OCC(=O)OCc1cc(=O)n2c(C)cccc2n1. The first kappa shape index (κ1) is 18.9. The molecule has 2 heterocycles. The number of aromatic nitrogens is 2. The number of halogens is 1. The van der Waals surface area contributed by atoms with Crippen LogP contribution < -0.4 is 10.3 Å². The second-order valence-corrected chi connectivity index (χ2v) is 6.70. The van der Waals surface area contributed by atoms with Gasteiger partial charge in [0.2, 0.25) is 0 Å². The van der Waals surface area contributed by atoms with Crippen LogP contribution in [0, 0.1) is 20.8 Å². The zero-order valence-corrected chi connectivity index (χ0v) is 16.0. The first-order chi connectivity index (χ1) is 12.8. The molecule has 0 saturated carbocycles. The van der Waals surface area contributed by atoms with E-state index in [1.807, 2.05) is 32.9 Å². The van der Waals surface area contributed by atoms with Crippen LogP contribution in [0.2, 0.25) is 5.02 Å². The van der Waals surface area contributed by atoms with Crippen molar-refractivity contribution in [3.05, 3.63) is 74.3 Å². The highest BCUT2D eigenvalue weighted by Crippen LogP contribution is 2.26. The van der Waals surface area contributed by atoms with E-state index < -0.39 is 5.97 Å². The first-order valence-corrected chi connectivity index (χ1v) is 8.76. The molecule has 0 N–H and O–H groups in total. The summed E-state index contributed by atoms with van der Waals surface area (Å²) in [5, 5.41) is 0.615. The minimum absolute atomic E-state index is 0.0968. The molecule has 7 heteroatoms. The number of ether oxygens (including phenoxy) is 2. The molecule has 1 aromatic carbocycles. The van der Waals surface area contributed by atoms with Crippen molar-refractivity contribution in [3.8, 4) is 5.75 Å². The van der Waals surface area contributed by atoms with E-state index in [2.05, 4.69) is 4.98 Å². The van der Waals surface area contributed by atoms with Crippen LogP contribution in [-0.4, -0.2) is 22.0 Å². The summed E-state index contributed by atoms with van der Waals surface area (Å²) in [4.78, 5) is 28.6. The number of rotatable bonds is 5. The maximum Gasteiger partial charge on any atom is 0.344 e. The van der Waals surface area contributed by atoms with E-state index >= 15 is 0 Å². The Morgan fingerprint density at radius 3 is 2.56 bits per heavy atom. The van der Waals surface area contributed by atoms with Gasteiger partial charge in [-0.1, -0.05) is 17.7 Å². The molecule has 3 aromatic rings. The van der Waals surface area contributed by atoms with Crippen LogP contribution in [0.25, 0.3) is 5.65 Å². The monoisotopic (exact) mass is 386 g/mol. The Labute approximate surface area is 161 Å². The van der Waals surface area contributed by atoms with Gasteiger partial charge in [0.05, 0.1) is 5.69 Å². The van der Waals surface area contributed by atoms with Gasteiger partial charge in [-0.3, -0.25) is 9.20 Å². The molecule has 3 rings (SSSR count). The summed E-state index contributed by atoms with van der Waals surface area (Å²) in [5.41, 5.74) is 3.15. The lowest BCUT2D eigenvalue weighted by atomic mass is 10.1. The number of carbonyl (C=O) groups is 1. The third-order valence-electron chi connectivity index (χ3n) is 4.07. The van der Waals surface area contributed by atoms with Crippen molar-refractivity contribution >= 4 is 23.2 Å². The quantitative estimate of drug-likeness (QED) is 0.628. The Kier molecular flexibility index (Phi) is 5.46. The van der Waals surface area contributed by atoms with Gasteiger partial charge in [0.1, 0.15) is 18.0 Å². The van der Waals surface area contributed by atoms with E-state index in [0.717, 1.165) is 16.8 Å². The van der Waals surface area contributed by atoms with Crippen molar-refractivity contribution in [1.29, 1.82) is 0 Å². The summed E-state index contributed by atoms with van der Waals surface area (Å²) in [5.74, 6) is 0.0592. The second-order valence-electron chi connectivity index (χ2n) is 6.26. The molecular formula is C20H19ClN2O4. The zero-order chi connectivity index (χ0) is 19.6. The number of aryl methyl sites for hydroxylation is 3. The minimum atomic E-state index is -0.546. The average molecular weight is 387 g/mol. The fourth-order valence-corrected chi connectivity index (χ4v) is 3.22. The zero-order valence-electron chi connectivity index (χ0n) is 15.3. The average Bonchev–Trinajstić information content (AvgIpc) is 2.58.